The zero-order valence-electron chi connectivity index (χ0n) is 17.3. The predicted molar refractivity (Wildman–Crippen MR) is 117 cm³/mol. The molecule has 3 aromatic rings. The van der Waals surface area contributed by atoms with Gasteiger partial charge in [0, 0.05) is 24.1 Å². The van der Waals surface area contributed by atoms with E-state index in [4.69, 9.17) is 14.2 Å². The van der Waals surface area contributed by atoms with Crippen molar-refractivity contribution in [3.63, 3.8) is 0 Å². The fraction of sp³-hybridized carbons (Fsp3) is 0.286. The average Bonchev–Trinajstić information content (AvgIpc) is 2.79. The molecule has 0 spiro atoms. The Morgan fingerprint density at radius 2 is 1.70 bits per heavy atom. The average molecular weight is 429 g/mol. The molecule has 0 amide bonds. The normalized spacial score (nSPS) is 10.5. The summed E-state index contributed by atoms with van der Waals surface area (Å²) in [4.78, 5) is 12.9. The Morgan fingerprint density at radius 1 is 0.967 bits per heavy atom. The van der Waals surface area contributed by atoms with Crippen LogP contribution in [0.4, 0.5) is 11.5 Å². The number of hydrogen-bond donors (Lipinski definition) is 1. The van der Waals surface area contributed by atoms with Gasteiger partial charge in [0.1, 0.15) is 5.75 Å². The number of benzene rings is 2. The number of methoxy groups -OCH3 is 3. The summed E-state index contributed by atoms with van der Waals surface area (Å²) >= 11 is 1.46. The van der Waals surface area contributed by atoms with Gasteiger partial charge in [-0.15, -0.1) is 10.2 Å². The molecule has 0 aliphatic carbocycles. The number of nitrogens with one attached hydrogen (secondary N) is 1. The Kier molecular flexibility index (Phi) is 7.18. The Balaban J connectivity index is 1.79. The third kappa shape index (κ3) is 4.85. The highest BCUT2D eigenvalue weighted by Gasteiger charge is 2.13. The largest absolute Gasteiger partial charge is 0.497 e. The van der Waals surface area contributed by atoms with Gasteiger partial charge >= 0.3 is 0 Å². The van der Waals surface area contributed by atoms with Gasteiger partial charge < -0.3 is 19.5 Å². The second kappa shape index (κ2) is 10.0. The van der Waals surface area contributed by atoms with Gasteiger partial charge in [0.25, 0.3) is 5.56 Å². The quantitative estimate of drug-likeness (QED) is 0.516. The molecule has 0 bridgehead atoms. The number of anilines is 2. The Labute approximate surface area is 179 Å². The summed E-state index contributed by atoms with van der Waals surface area (Å²) in [5.41, 5.74) is 1.52. The fourth-order valence-electron chi connectivity index (χ4n) is 2.79. The van der Waals surface area contributed by atoms with Gasteiger partial charge in [-0.25, -0.2) is 0 Å². The van der Waals surface area contributed by atoms with Crippen molar-refractivity contribution < 1.29 is 14.2 Å². The van der Waals surface area contributed by atoms with E-state index < -0.39 is 0 Å². The van der Waals surface area contributed by atoms with Crippen LogP contribution in [0.1, 0.15) is 12.5 Å². The first-order valence-corrected chi connectivity index (χ1v) is 10.3. The molecule has 0 atom stereocenters. The van der Waals surface area contributed by atoms with E-state index in [2.05, 4.69) is 15.5 Å². The second-order valence-electron chi connectivity index (χ2n) is 6.21. The van der Waals surface area contributed by atoms with Crippen molar-refractivity contribution >= 4 is 23.3 Å². The van der Waals surface area contributed by atoms with Crippen molar-refractivity contribution in [2.24, 2.45) is 0 Å². The molecule has 2 aromatic carbocycles. The molecule has 3 rings (SSSR count). The van der Waals surface area contributed by atoms with Crippen LogP contribution in [0, 0.1) is 0 Å². The van der Waals surface area contributed by atoms with Gasteiger partial charge in [-0.1, -0.05) is 23.9 Å². The highest BCUT2D eigenvalue weighted by atomic mass is 32.2. The van der Waals surface area contributed by atoms with Gasteiger partial charge in [0.2, 0.25) is 5.82 Å². The summed E-state index contributed by atoms with van der Waals surface area (Å²) in [5, 5.41) is 12.0. The molecule has 158 valence electrons. The van der Waals surface area contributed by atoms with Crippen LogP contribution in [-0.2, 0) is 12.3 Å². The minimum absolute atomic E-state index is 0.151. The molecule has 0 unspecified atom stereocenters. The number of hydrogen-bond acceptors (Lipinski definition) is 8. The predicted octanol–water partition coefficient (Wildman–Crippen LogP) is 3.72. The number of rotatable bonds is 9. The Morgan fingerprint density at radius 3 is 2.33 bits per heavy atom. The minimum Gasteiger partial charge on any atom is -0.497 e. The monoisotopic (exact) mass is 428 g/mol. The van der Waals surface area contributed by atoms with Crippen LogP contribution in [-0.4, -0.2) is 36.1 Å². The topological polar surface area (TPSA) is 87.5 Å². The first-order valence-electron chi connectivity index (χ1n) is 9.31. The molecule has 0 fully saturated rings. The summed E-state index contributed by atoms with van der Waals surface area (Å²) in [5.74, 6) is 2.78. The number of thioether (sulfide) groups is 1. The molecule has 0 aliphatic heterocycles. The van der Waals surface area contributed by atoms with E-state index in [0.29, 0.717) is 34.6 Å². The molecule has 1 N–H and O–H groups in total. The smallest absolute Gasteiger partial charge is 0.297 e. The lowest BCUT2D eigenvalue weighted by molar-refractivity contribution is 0.355. The van der Waals surface area contributed by atoms with E-state index in [9.17, 15) is 4.79 Å². The minimum atomic E-state index is -0.237. The summed E-state index contributed by atoms with van der Waals surface area (Å²) in [6.07, 6.45) is 0. The summed E-state index contributed by atoms with van der Waals surface area (Å²) < 4.78 is 17.3. The first-order chi connectivity index (χ1) is 14.6. The molecular formula is C21H24N4O4S. The standard InChI is InChI=1S/C21H24N4O4S/c1-5-25-20(26)19(22-15-8-11-17(28-3)18(12-15)29-4)23-24-21(25)30-13-14-6-9-16(27-2)10-7-14/h6-12H,5,13H2,1-4H3,(H,22,23). The van der Waals surface area contributed by atoms with Crippen molar-refractivity contribution in [2.45, 2.75) is 24.4 Å². The molecule has 9 heteroatoms. The van der Waals surface area contributed by atoms with E-state index in [1.165, 1.54) is 11.8 Å². The number of nitrogens with zero attached hydrogens (tertiary/aromatic N) is 3. The van der Waals surface area contributed by atoms with Crippen LogP contribution in [0.2, 0.25) is 0 Å². The third-order valence-electron chi connectivity index (χ3n) is 4.40. The third-order valence-corrected chi connectivity index (χ3v) is 5.44. The van der Waals surface area contributed by atoms with Crippen molar-refractivity contribution in [3.05, 3.63) is 58.4 Å². The van der Waals surface area contributed by atoms with Gasteiger partial charge in [0.05, 0.1) is 21.3 Å². The number of aromatic nitrogens is 3. The van der Waals surface area contributed by atoms with Crippen molar-refractivity contribution in [2.75, 3.05) is 26.6 Å². The highest BCUT2D eigenvalue weighted by molar-refractivity contribution is 7.98. The molecule has 30 heavy (non-hydrogen) atoms. The highest BCUT2D eigenvalue weighted by Crippen LogP contribution is 2.30. The van der Waals surface area contributed by atoms with Gasteiger partial charge in [0.15, 0.2) is 16.7 Å². The zero-order chi connectivity index (χ0) is 21.5. The molecule has 1 heterocycles. The molecule has 0 radical (unpaired) electrons. The van der Waals surface area contributed by atoms with Crippen LogP contribution in [0.3, 0.4) is 0 Å². The molecule has 1 aromatic heterocycles. The van der Waals surface area contributed by atoms with Gasteiger partial charge in [-0.2, -0.15) is 0 Å². The van der Waals surface area contributed by atoms with E-state index in [1.807, 2.05) is 31.2 Å². The molecular weight excluding hydrogens is 404 g/mol. The van der Waals surface area contributed by atoms with Crippen LogP contribution in [0.5, 0.6) is 17.2 Å². The van der Waals surface area contributed by atoms with Gasteiger partial charge in [-0.05, 0) is 36.8 Å². The maximum absolute atomic E-state index is 12.9. The maximum atomic E-state index is 12.9. The Bertz CT molecular complexity index is 1050. The second-order valence-corrected chi connectivity index (χ2v) is 7.15. The van der Waals surface area contributed by atoms with E-state index in [-0.39, 0.29) is 11.4 Å². The molecule has 0 saturated carbocycles. The zero-order valence-corrected chi connectivity index (χ0v) is 18.2. The lowest BCUT2D eigenvalue weighted by Crippen LogP contribution is -2.26. The van der Waals surface area contributed by atoms with Crippen molar-refractivity contribution in [3.8, 4) is 17.2 Å². The van der Waals surface area contributed by atoms with Crippen LogP contribution >= 0.6 is 11.8 Å². The fourth-order valence-corrected chi connectivity index (χ4v) is 3.74. The summed E-state index contributed by atoms with van der Waals surface area (Å²) in [6.45, 7) is 2.39. The summed E-state index contributed by atoms with van der Waals surface area (Å²) in [6, 6.07) is 13.1. The van der Waals surface area contributed by atoms with Crippen molar-refractivity contribution in [1.29, 1.82) is 0 Å². The van der Waals surface area contributed by atoms with E-state index >= 15 is 0 Å². The lowest BCUT2D eigenvalue weighted by Gasteiger charge is -2.13. The first kappa shape index (κ1) is 21.5. The molecule has 8 nitrogen and oxygen atoms in total. The van der Waals surface area contributed by atoms with E-state index in [1.54, 1.807) is 44.1 Å². The molecule has 0 saturated heterocycles. The number of ether oxygens (including phenoxy) is 3. The van der Waals surface area contributed by atoms with Crippen LogP contribution < -0.4 is 25.1 Å². The molecule has 0 aliphatic rings. The van der Waals surface area contributed by atoms with Crippen molar-refractivity contribution in [1.82, 2.24) is 14.8 Å². The van der Waals surface area contributed by atoms with Crippen LogP contribution in [0.15, 0.2) is 52.4 Å². The lowest BCUT2D eigenvalue weighted by atomic mass is 10.2. The van der Waals surface area contributed by atoms with Gasteiger partial charge in [-0.3, -0.25) is 9.36 Å². The van der Waals surface area contributed by atoms with E-state index in [0.717, 1.165) is 11.3 Å². The SMILES string of the molecule is CCn1c(SCc2ccc(OC)cc2)nnc(Nc2ccc(OC)c(OC)c2)c1=O. The summed E-state index contributed by atoms with van der Waals surface area (Å²) in [7, 11) is 4.76. The van der Waals surface area contributed by atoms with Crippen LogP contribution in [0.25, 0.3) is 0 Å². The Hall–Kier alpha value is -3.20. The maximum Gasteiger partial charge on any atom is 0.297 e.